The van der Waals surface area contributed by atoms with Crippen LogP contribution in [0.3, 0.4) is 0 Å². The number of amides is 2. The SMILES string of the molecule is Cc1cc(C)c(NC(=O)C2CCCN2C(=O)C(F)(F)F)c(Cl)c1. The summed E-state index contributed by atoms with van der Waals surface area (Å²) in [7, 11) is 0. The van der Waals surface area contributed by atoms with E-state index >= 15 is 0 Å². The Labute approximate surface area is 136 Å². The maximum absolute atomic E-state index is 12.6. The van der Waals surface area contributed by atoms with Gasteiger partial charge in [0.1, 0.15) is 6.04 Å². The highest BCUT2D eigenvalue weighted by atomic mass is 35.5. The van der Waals surface area contributed by atoms with Crippen molar-refractivity contribution in [2.24, 2.45) is 0 Å². The second-order valence-corrected chi connectivity index (χ2v) is 5.99. The van der Waals surface area contributed by atoms with Gasteiger partial charge in [0.15, 0.2) is 0 Å². The van der Waals surface area contributed by atoms with E-state index in [9.17, 15) is 22.8 Å². The molecule has 2 amide bonds. The summed E-state index contributed by atoms with van der Waals surface area (Å²) in [4.78, 5) is 24.3. The standard InChI is InChI=1S/C15H16ClF3N2O2/c1-8-6-9(2)12(10(16)7-8)20-13(22)11-4-3-5-21(11)14(23)15(17,18)19/h6-7,11H,3-5H2,1-2H3,(H,20,22). The summed E-state index contributed by atoms with van der Waals surface area (Å²) in [6.07, 6.45) is -4.45. The summed E-state index contributed by atoms with van der Waals surface area (Å²) in [5.74, 6) is -2.64. The van der Waals surface area contributed by atoms with Crippen LogP contribution in [0.15, 0.2) is 12.1 Å². The van der Waals surface area contributed by atoms with Crippen LogP contribution in [0.2, 0.25) is 5.02 Å². The van der Waals surface area contributed by atoms with Gasteiger partial charge in [0.05, 0.1) is 10.7 Å². The number of hydrogen-bond donors (Lipinski definition) is 1. The quantitative estimate of drug-likeness (QED) is 0.890. The number of hydrogen-bond acceptors (Lipinski definition) is 2. The van der Waals surface area contributed by atoms with Crippen molar-refractivity contribution < 1.29 is 22.8 Å². The molecule has 1 heterocycles. The van der Waals surface area contributed by atoms with Gasteiger partial charge in [-0.2, -0.15) is 13.2 Å². The van der Waals surface area contributed by atoms with E-state index in [1.165, 1.54) is 0 Å². The van der Waals surface area contributed by atoms with Crippen LogP contribution in [-0.2, 0) is 9.59 Å². The van der Waals surface area contributed by atoms with Crippen molar-refractivity contribution in [3.05, 3.63) is 28.3 Å². The summed E-state index contributed by atoms with van der Waals surface area (Å²) in [5.41, 5.74) is 1.96. The Morgan fingerprint density at radius 2 is 1.96 bits per heavy atom. The molecule has 1 N–H and O–H groups in total. The zero-order chi connectivity index (χ0) is 17.4. The average Bonchev–Trinajstić information content (AvgIpc) is 2.89. The monoisotopic (exact) mass is 348 g/mol. The lowest BCUT2D eigenvalue weighted by Crippen LogP contribution is -2.48. The Bertz CT molecular complexity index is 623. The molecule has 23 heavy (non-hydrogen) atoms. The normalized spacial score (nSPS) is 18.2. The molecular weight excluding hydrogens is 333 g/mol. The van der Waals surface area contributed by atoms with Crippen molar-refractivity contribution >= 4 is 29.1 Å². The van der Waals surface area contributed by atoms with Gasteiger partial charge < -0.3 is 10.2 Å². The van der Waals surface area contributed by atoms with Crippen molar-refractivity contribution in [3.63, 3.8) is 0 Å². The summed E-state index contributed by atoms with van der Waals surface area (Å²) < 4.78 is 37.8. The maximum atomic E-state index is 12.6. The van der Waals surface area contributed by atoms with E-state index in [0.717, 1.165) is 5.56 Å². The number of alkyl halides is 3. The first-order valence-electron chi connectivity index (χ1n) is 7.06. The molecule has 2 rings (SSSR count). The second kappa shape index (κ2) is 6.39. The average molecular weight is 349 g/mol. The summed E-state index contributed by atoms with van der Waals surface area (Å²) >= 11 is 6.08. The van der Waals surface area contributed by atoms with E-state index in [1.54, 1.807) is 19.1 Å². The Hall–Kier alpha value is -1.76. The van der Waals surface area contributed by atoms with Crippen molar-refractivity contribution in [2.75, 3.05) is 11.9 Å². The number of nitrogens with one attached hydrogen (secondary N) is 1. The van der Waals surface area contributed by atoms with Gasteiger partial charge in [0.2, 0.25) is 5.91 Å². The van der Waals surface area contributed by atoms with Crippen molar-refractivity contribution in [1.82, 2.24) is 4.90 Å². The molecule has 0 aliphatic carbocycles. The minimum atomic E-state index is -4.99. The van der Waals surface area contributed by atoms with Crippen LogP contribution in [0.4, 0.5) is 18.9 Å². The third-order valence-corrected chi connectivity index (χ3v) is 4.04. The first-order chi connectivity index (χ1) is 10.6. The number of likely N-dealkylation sites (tertiary alicyclic amines) is 1. The van der Waals surface area contributed by atoms with Crippen molar-refractivity contribution in [3.8, 4) is 0 Å². The summed E-state index contributed by atoms with van der Waals surface area (Å²) in [5, 5.41) is 2.86. The number of aryl methyl sites for hydroxylation is 2. The van der Waals surface area contributed by atoms with Gasteiger partial charge in [0.25, 0.3) is 0 Å². The molecular formula is C15H16ClF3N2O2. The van der Waals surface area contributed by atoms with E-state index in [-0.39, 0.29) is 13.0 Å². The first-order valence-corrected chi connectivity index (χ1v) is 7.44. The fourth-order valence-electron chi connectivity index (χ4n) is 2.73. The molecule has 0 aromatic heterocycles. The van der Waals surface area contributed by atoms with Gasteiger partial charge in [0, 0.05) is 6.54 Å². The smallest absolute Gasteiger partial charge is 0.323 e. The van der Waals surface area contributed by atoms with Crippen molar-refractivity contribution in [2.45, 2.75) is 38.9 Å². The summed E-state index contributed by atoms with van der Waals surface area (Å²) in [6.45, 7) is 3.49. The van der Waals surface area contributed by atoms with E-state index in [4.69, 9.17) is 11.6 Å². The molecule has 0 saturated carbocycles. The molecule has 1 aromatic rings. The Morgan fingerprint density at radius 3 is 2.52 bits per heavy atom. The van der Waals surface area contributed by atoms with Crippen LogP contribution in [0.5, 0.6) is 0 Å². The number of carbonyl (C=O) groups is 2. The summed E-state index contributed by atoms with van der Waals surface area (Å²) in [6, 6.07) is 2.31. The molecule has 8 heteroatoms. The predicted molar refractivity (Wildman–Crippen MR) is 80.3 cm³/mol. The largest absolute Gasteiger partial charge is 0.471 e. The van der Waals surface area contributed by atoms with Gasteiger partial charge >= 0.3 is 12.1 Å². The van der Waals surface area contributed by atoms with Crippen molar-refractivity contribution in [1.29, 1.82) is 0 Å². The second-order valence-electron chi connectivity index (χ2n) is 5.58. The molecule has 1 atom stereocenters. The first kappa shape index (κ1) is 17.6. The number of rotatable bonds is 2. The number of nitrogens with zero attached hydrogens (tertiary/aromatic N) is 1. The molecule has 1 aliphatic heterocycles. The Balaban J connectivity index is 2.19. The molecule has 1 aliphatic rings. The predicted octanol–water partition coefficient (Wildman–Crippen LogP) is 3.45. The lowest BCUT2D eigenvalue weighted by Gasteiger charge is -2.25. The topological polar surface area (TPSA) is 49.4 Å². The molecule has 0 spiro atoms. The zero-order valence-corrected chi connectivity index (χ0v) is 13.4. The molecule has 0 radical (unpaired) electrons. The molecule has 4 nitrogen and oxygen atoms in total. The molecule has 1 fully saturated rings. The van der Waals surface area contributed by atoms with Gasteiger partial charge in [-0.15, -0.1) is 0 Å². The Kier molecular flexibility index (Phi) is 4.89. The van der Waals surface area contributed by atoms with Gasteiger partial charge in [-0.1, -0.05) is 17.7 Å². The number of anilines is 1. The number of halogens is 4. The zero-order valence-electron chi connectivity index (χ0n) is 12.6. The third kappa shape index (κ3) is 3.77. The van der Waals surface area contributed by atoms with Crippen LogP contribution >= 0.6 is 11.6 Å². The molecule has 126 valence electrons. The van der Waals surface area contributed by atoms with Gasteiger partial charge in [-0.25, -0.2) is 0 Å². The van der Waals surface area contributed by atoms with E-state index in [1.807, 2.05) is 6.92 Å². The molecule has 1 unspecified atom stereocenters. The lowest BCUT2D eigenvalue weighted by atomic mass is 10.1. The molecule has 1 saturated heterocycles. The third-order valence-electron chi connectivity index (χ3n) is 3.74. The minimum absolute atomic E-state index is 0.0863. The highest BCUT2D eigenvalue weighted by Gasteiger charge is 2.47. The Morgan fingerprint density at radius 1 is 1.30 bits per heavy atom. The minimum Gasteiger partial charge on any atom is -0.323 e. The van der Waals surface area contributed by atoms with E-state index in [0.29, 0.717) is 27.6 Å². The van der Waals surface area contributed by atoms with Crippen LogP contribution in [-0.4, -0.2) is 35.5 Å². The van der Waals surface area contributed by atoms with Gasteiger partial charge in [-0.05, 0) is 43.9 Å². The van der Waals surface area contributed by atoms with Crippen LogP contribution in [0, 0.1) is 13.8 Å². The van der Waals surface area contributed by atoms with Gasteiger partial charge in [-0.3, -0.25) is 9.59 Å². The number of benzene rings is 1. The van der Waals surface area contributed by atoms with E-state index in [2.05, 4.69) is 5.32 Å². The van der Waals surface area contributed by atoms with Crippen LogP contribution in [0.25, 0.3) is 0 Å². The highest BCUT2D eigenvalue weighted by molar-refractivity contribution is 6.34. The van der Waals surface area contributed by atoms with Crippen LogP contribution < -0.4 is 5.32 Å². The fraction of sp³-hybridized carbons (Fsp3) is 0.467. The fourth-order valence-corrected chi connectivity index (χ4v) is 3.09. The van der Waals surface area contributed by atoms with Crippen LogP contribution in [0.1, 0.15) is 24.0 Å². The number of carbonyl (C=O) groups excluding carboxylic acids is 2. The maximum Gasteiger partial charge on any atom is 0.471 e. The van der Waals surface area contributed by atoms with E-state index < -0.39 is 24.0 Å². The lowest BCUT2D eigenvalue weighted by molar-refractivity contribution is -0.186. The highest BCUT2D eigenvalue weighted by Crippen LogP contribution is 2.30. The molecule has 0 bridgehead atoms. The molecule has 1 aromatic carbocycles.